The first-order valence-corrected chi connectivity index (χ1v) is 5.23. The number of nitrogens with zero attached hydrogens (tertiary/aromatic N) is 3. The van der Waals surface area contributed by atoms with Crippen molar-refractivity contribution in [3.05, 3.63) is 0 Å². The van der Waals surface area contributed by atoms with Gasteiger partial charge in [-0.15, -0.1) is 0 Å². The monoisotopic (exact) mass is 197 g/mol. The van der Waals surface area contributed by atoms with Crippen molar-refractivity contribution in [2.45, 2.75) is 18.4 Å². The first kappa shape index (κ1) is 9.77. The third-order valence-electron chi connectivity index (χ3n) is 3.51. The predicted molar refractivity (Wildman–Crippen MR) is 55.3 cm³/mol. The number of likely N-dealkylation sites (tertiary alicyclic amines) is 2. The van der Waals surface area contributed by atoms with E-state index >= 15 is 0 Å². The highest BCUT2D eigenvalue weighted by Crippen LogP contribution is 2.38. The predicted octanol–water partition coefficient (Wildman–Crippen LogP) is 0.448. The van der Waals surface area contributed by atoms with E-state index in [1.165, 1.54) is 6.42 Å². The van der Waals surface area contributed by atoms with Crippen LogP contribution in [0.4, 0.5) is 4.79 Å². The van der Waals surface area contributed by atoms with E-state index in [0.29, 0.717) is 0 Å². The van der Waals surface area contributed by atoms with Gasteiger partial charge in [0.2, 0.25) is 0 Å². The van der Waals surface area contributed by atoms with Gasteiger partial charge in [-0.2, -0.15) is 0 Å². The minimum absolute atomic E-state index is 0.173. The van der Waals surface area contributed by atoms with Crippen LogP contribution in [0.2, 0.25) is 0 Å². The molecule has 0 radical (unpaired) electrons. The average Bonchev–Trinajstić information content (AvgIpc) is 2.48. The minimum atomic E-state index is 0.173. The van der Waals surface area contributed by atoms with E-state index in [2.05, 4.69) is 11.9 Å². The molecule has 2 aliphatic rings. The zero-order valence-electron chi connectivity index (χ0n) is 9.29. The fourth-order valence-electron chi connectivity index (χ4n) is 2.56. The molecule has 80 valence electrons. The van der Waals surface area contributed by atoms with E-state index < -0.39 is 0 Å². The van der Waals surface area contributed by atoms with Crippen LogP contribution >= 0.6 is 0 Å². The largest absolute Gasteiger partial charge is 0.331 e. The summed E-state index contributed by atoms with van der Waals surface area (Å²) in [5.41, 5.74) is 0.177. The first-order valence-electron chi connectivity index (χ1n) is 5.23. The van der Waals surface area contributed by atoms with Crippen LogP contribution in [-0.4, -0.2) is 67.0 Å². The quantitative estimate of drug-likeness (QED) is 0.563. The number of likely N-dealkylation sites (N-methyl/N-ethyl adjacent to an activating group) is 1. The van der Waals surface area contributed by atoms with Crippen LogP contribution in [-0.2, 0) is 0 Å². The van der Waals surface area contributed by atoms with E-state index in [1.807, 2.05) is 19.0 Å². The molecular formula is C10H19N3O. The standard InChI is InChI=1S/C10H19N3O/c1-11(2)9(14)13-7-5-10(13)4-6-12(3)8-10/h4-8H2,1-3H3. The maximum absolute atomic E-state index is 11.8. The smallest absolute Gasteiger partial charge is 0.319 e. The molecule has 2 saturated heterocycles. The average molecular weight is 197 g/mol. The van der Waals surface area contributed by atoms with Gasteiger partial charge in [0.05, 0.1) is 5.54 Å². The Bertz CT molecular complexity index is 254. The molecule has 0 aromatic rings. The number of carbonyl (C=O) groups excluding carboxylic acids is 1. The maximum Gasteiger partial charge on any atom is 0.319 e. The van der Waals surface area contributed by atoms with E-state index in [4.69, 9.17) is 0 Å². The Morgan fingerprint density at radius 1 is 1.29 bits per heavy atom. The van der Waals surface area contributed by atoms with Gasteiger partial charge in [-0.1, -0.05) is 0 Å². The molecule has 14 heavy (non-hydrogen) atoms. The zero-order chi connectivity index (χ0) is 10.3. The van der Waals surface area contributed by atoms with Gasteiger partial charge in [0, 0.05) is 33.7 Å². The van der Waals surface area contributed by atoms with Gasteiger partial charge in [0.25, 0.3) is 0 Å². The fourth-order valence-corrected chi connectivity index (χ4v) is 2.56. The summed E-state index contributed by atoms with van der Waals surface area (Å²) in [4.78, 5) is 17.9. The Hall–Kier alpha value is -0.770. The van der Waals surface area contributed by atoms with Crippen molar-refractivity contribution in [3.8, 4) is 0 Å². The Morgan fingerprint density at radius 3 is 2.29 bits per heavy atom. The third kappa shape index (κ3) is 1.29. The van der Waals surface area contributed by atoms with Crippen LogP contribution in [0.1, 0.15) is 12.8 Å². The Labute approximate surface area is 85.5 Å². The van der Waals surface area contributed by atoms with Crippen molar-refractivity contribution in [2.24, 2.45) is 0 Å². The molecule has 0 aromatic carbocycles. The number of hydrogen-bond acceptors (Lipinski definition) is 2. The molecule has 0 N–H and O–H groups in total. The van der Waals surface area contributed by atoms with Gasteiger partial charge in [0.1, 0.15) is 0 Å². The van der Waals surface area contributed by atoms with Crippen molar-refractivity contribution >= 4 is 6.03 Å². The lowest BCUT2D eigenvalue weighted by atomic mass is 9.84. The van der Waals surface area contributed by atoms with E-state index in [-0.39, 0.29) is 11.6 Å². The molecule has 2 fully saturated rings. The molecule has 2 amide bonds. The van der Waals surface area contributed by atoms with Crippen molar-refractivity contribution < 1.29 is 4.79 Å². The van der Waals surface area contributed by atoms with Crippen molar-refractivity contribution in [1.82, 2.24) is 14.7 Å². The van der Waals surface area contributed by atoms with E-state index in [0.717, 1.165) is 26.1 Å². The molecule has 1 atom stereocenters. The molecule has 2 aliphatic heterocycles. The molecule has 0 aliphatic carbocycles. The summed E-state index contributed by atoms with van der Waals surface area (Å²) in [5.74, 6) is 0. The molecule has 1 spiro atoms. The molecule has 0 saturated carbocycles. The molecule has 1 unspecified atom stereocenters. The first-order chi connectivity index (χ1) is 6.55. The molecular weight excluding hydrogens is 178 g/mol. The maximum atomic E-state index is 11.8. The summed E-state index contributed by atoms with van der Waals surface area (Å²) in [6.07, 6.45) is 2.32. The molecule has 0 aromatic heterocycles. The molecule has 4 nitrogen and oxygen atoms in total. The third-order valence-corrected chi connectivity index (χ3v) is 3.51. The summed E-state index contributed by atoms with van der Waals surface area (Å²) < 4.78 is 0. The lowest BCUT2D eigenvalue weighted by Gasteiger charge is -2.51. The second-order valence-corrected chi connectivity index (χ2v) is 4.79. The molecule has 2 rings (SSSR count). The van der Waals surface area contributed by atoms with Gasteiger partial charge in [-0.3, -0.25) is 0 Å². The van der Waals surface area contributed by atoms with Crippen molar-refractivity contribution in [2.75, 3.05) is 40.8 Å². The molecule has 4 heteroatoms. The SMILES string of the molecule is CN1CCC2(CCN2C(=O)N(C)C)C1. The lowest BCUT2D eigenvalue weighted by Crippen LogP contribution is -2.65. The van der Waals surface area contributed by atoms with Crippen LogP contribution in [0.5, 0.6) is 0 Å². The Kier molecular flexibility index (Phi) is 2.18. The van der Waals surface area contributed by atoms with Crippen LogP contribution in [0, 0.1) is 0 Å². The highest BCUT2D eigenvalue weighted by molar-refractivity contribution is 5.76. The van der Waals surface area contributed by atoms with Crippen LogP contribution in [0.3, 0.4) is 0 Å². The number of rotatable bonds is 0. The van der Waals surface area contributed by atoms with Crippen LogP contribution in [0.15, 0.2) is 0 Å². The number of hydrogen-bond donors (Lipinski definition) is 0. The molecule has 0 bridgehead atoms. The van der Waals surface area contributed by atoms with Gasteiger partial charge in [-0.05, 0) is 19.9 Å². The summed E-state index contributed by atoms with van der Waals surface area (Å²) in [7, 11) is 5.78. The molecule has 2 heterocycles. The highest BCUT2D eigenvalue weighted by atomic mass is 16.2. The summed E-state index contributed by atoms with van der Waals surface area (Å²) in [6.45, 7) is 3.11. The van der Waals surface area contributed by atoms with Crippen LogP contribution < -0.4 is 0 Å². The Balaban J connectivity index is 2.05. The van der Waals surface area contributed by atoms with Gasteiger partial charge < -0.3 is 14.7 Å². The number of amides is 2. The fraction of sp³-hybridized carbons (Fsp3) is 0.900. The van der Waals surface area contributed by atoms with E-state index in [1.54, 1.807) is 4.90 Å². The van der Waals surface area contributed by atoms with Gasteiger partial charge in [-0.25, -0.2) is 4.79 Å². The zero-order valence-corrected chi connectivity index (χ0v) is 9.29. The number of carbonyl (C=O) groups is 1. The van der Waals surface area contributed by atoms with Crippen molar-refractivity contribution in [1.29, 1.82) is 0 Å². The van der Waals surface area contributed by atoms with Gasteiger partial charge >= 0.3 is 6.03 Å². The normalized spacial score (nSPS) is 32.1. The van der Waals surface area contributed by atoms with E-state index in [9.17, 15) is 4.79 Å². The second kappa shape index (κ2) is 3.12. The summed E-state index contributed by atoms with van der Waals surface area (Å²) >= 11 is 0. The lowest BCUT2D eigenvalue weighted by molar-refractivity contribution is 0.0209. The number of urea groups is 1. The Morgan fingerprint density at radius 2 is 1.93 bits per heavy atom. The van der Waals surface area contributed by atoms with Crippen molar-refractivity contribution in [3.63, 3.8) is 0 Å². The van der Waals surface area contributed by atoms with Crippen LogP contribution in [0.25, 0.3) is 0 Å². The van der Waals surface area contributed by atoms with Gasteiger partial charge in [0.15, 0.2) is 0 Å². The highest BCUT2D eigenvalue weighted by Gasteiger charge is 2.50. The second-order valence-electron chi connectivity index (χ2n) is 4.79. The summed E-state index contributed by atoms with van der Waals surface area (Å²) in [5, 5.41) is 0. The summed E-state index contributed by atoms with van der Waals surface area (Å²) in [6, 6.07) is 0.173. The minimum Gasteiger partial charge on any atom is -0.331 e. The topological polar surface area (TPSA) is 26.8 Å².